The summed E-state index contributed by atoms with van der Waals surface area (Å²) in [6, 6.07) is 0. The second kappa shape index (κ2) is 14.5. The predicted octanol–water partition coefficient (Wildman–Crippen LogP) is 4.03. The van der Waals surface area contributed by atoms with Crippen LogP contribution in [0.25, 0.3) is 0 Å². The lowest BCUT2D eigenvalue weighted by Crippen LogP contribution is -2.52. The highest BCUT2D eigenvalue weighted by molar-refractivity contribution is 5.68. The molecule has 5 nitrogen and oxygen atoms in total. The van der Waals surface area contributed by atoms with E-state index < -0.39 is 30.2 Å². The average molecular weight is 361 g/mol. The van der Waals surface area contributed by atoms with Crippen molar-refractivity contribution in [3.05, 3.63) is 0 Å². The summed E-state index contributed by atoms with van der Waals surface area (Å²) in [5, 5.41) is 38.7. The van der Waals surface area contributed by atoms with Crippen LogP contribution < -0.4 is 0 Å². The summed E-state index contributed by atoms with van der Waals surface area (Å²) in [5.41, 5.74) is -1.97. The minimum Gasteiger partial charge on any atom is -0.481 e. The maximum Gasteiger partial charge on any atom is 0.306 e. The summed E-state index contributed by atoms with van der Waals surface area (Å²) >= 11 is 0. The van der Waals surface area contributed by atoms with E-state index in [0.717, 1.165) is 19.3 Å². The van der Waals surface area contributed by atoms with E-state index in [4.69, 9.17) is 5.11 Å². The van der Waals surface area contributed by atoms with Gasteiger partial charge in [-0.25, -0.2) is 0 Å². The Hall–Kier alpha value is -0.650. The fourth-order valence-corrected chi connectivity index (χ4v) is 3.21. The van der Waals surface area contributed by atoms with Gasteiger partial charge in [-0.3, -0.25) is 4.79 Å². The smallest absolute Gasteiger partial charge is 0.306 e. The monoisotopic (exact) mass is 360 g/mol. The largest absolute Gasteiger partial charge is 0.481 e. The first kappa shape index (κ1) is 24.4. The van der Waals surface area contributed by atoms with Crippen molar-refractivity contribution in [3.8, 4) is 0 Å². The van der Waals surface area contributed by atoms with Gasteiger partial charge in [-0.15, -0.1) is 0 Å². The number of carbonyl (C=O) groups is 1. The zero-order chi connectivity index (χ0) is 19.1. The summed E-state index contributed by atoms with van der Waals surface area (Å²) in [4.78, 5) is 10.8. The molecule has 0 saturated heterocycles. The molecule has 0 bridgehead atoms. The molecule has 3 atom stereocenters. The van der Waals surface area contributed by atoms with Gasteiger partial charge < -0.3 is 20.4 Å². The van der Waals surface area contributed by atoms with Gasteiger partial charge in [0.1, 0.15) is 5.60 Å². The van der Waals surface area contributed by atoms with Crippen molar-refractivity contribution in [2.75, 3.05) is 0 Å². The summed E-state index contributed by atoms with van der Waals surface area (Å²) in [6.07, 6.45) is 11.7. The molecule has 0 saturated carbocycles. The van der Waals surface area contributed by atoms with Crippen LogP contribution in [0, 0.1) is 0 Å². The van der Waals surface area contributed by atoms with Crippen LogP contribution in [0.2, 0.25) is 0 Å². The van der Waals surface area contributed by atoms with E-state index in [-0.39, 0.29) is 0 Å². The van der Waals surface area contributed by atoms with E-state index in [0.29, 0.717) is 6.42 Å². The van der Waals surface area contributed by atoms with E-state index in [2.05, 4.69) is 6.92 Å². The number of hydrogen-bond acceptors (Lipinski definition) is 4. The van der Waals surface area contributed by atoms with Gasteiger partial charge in [-0.1, -0.05) is 84.0 Å². The number of unbranched alkanes of at least 4 members (excludes halogenated alkanes) is 11. The van der Waals surface area contributed by atoms with E-state index in [9.17, 15) is 20.1 Å². The van der Waals surface area contributed by atoms with Gasteiger partial charge in [-0.05, 0) is 13.3 Å². The van der Waals surface area contributed by atoms with Gasteiger partial charge in [-0.2, -0.15) is 0 Å². The third-order valence-corrected chi connectivity index (χ3v) is 5.07. The highest BCUT2D eigenvalue weighted by Crippen LogP contribution is 2.25. The Bertz CT molecular complexity index is 332. The highest BCUT2D eigenvalue weighted by atomic mass is 16.4. The fraction of sp³-hybridized carbons (Fsp3) is 0.950. The van der Waals surface area contributed by atoms with Crippen molar-refractivity contribution < 1.29 is 25.2 Å². The van der Waals surface area contributed by atoms with Crippen molar-refractivity contribution in [1.82, 2.24) is 0 Å². The number of aliphatic carboxylic acids is 1. The molecule has 0 aliphatic carbocycles. The van der Waals surface area contributed by atoms with Crippen LogP contribution in [0.3, 0.4) is 0 Å². The third-order valence-electron chi connectivity index (χ3n) is 5.07. The van der Waals surface area contributed by atoms with Crippen molar-refractivity contribution in [2.45, 2.75) is 122 Å². The molecule has 0 heterocycles. The molecule has 4 N–H and O–H groups in total. The molecule has 150 valence electrons. The number of carboxylic acid groups (broad SMARTS) is 1. The van der Waals surface area contributed by atoms with Gasteiger partial charge in [0.2, 0.25) is 0 Å². The standard InChI is InChI=1S/C20H40O5/c1-3-4-5-6-7-8-9-10-11-12-13-14-15-18(22)20(25,17(2)21)16-19(23)24/h17-18,21-22,25H,3-16H2,1-2H3,(H,23,24). The maximum absolute atomic E-state index is 10.8. The zero-order valence-electron chi connectivity index (χ0n) is 16.3. The van der Waals surface area contributed by atoms with Gasteiger partial charge in [0.05, 0.1) is 18.6 Å². The number of carboxylic acids is 1. The molecule has 0 aromatic carbocycles. The molecule has 0 rings (SSSR count). The van der Waals surface area contributed by atoms with Crippen molar-refractivity contribution in [3.63, 3.8) is 0 Å². The molecule has 0 aromatic rings. The number of rotatable bonds is 17. The lowest BCUT2D eigenvalue weighted by Gasteiger charge is -2.34. The molecule has 0 radical (unpaired) electrons. The minimum absolute atomic E-state index is 0.312. The molecule has 0 spiro atoms. The molecule has 0 aliphatic rings. The Balaban J connectivity index is 3.68. The molecular formula is C20H40O5. The Kier molecular flexibility index (Phi) is 14.1. The first-order valence-corrected chi connectivity index (χ1v) is 10.1. The summed E-state index contributed by atoms with van der Waals surface area (Å²) in [7, 11) is 0. The molecule has 0 fully saturated rings. The summed E-state index contributed by atoms with van der Waals surface area (Å²) in [6.45, 7) is 3.55. The highest BCUT2D eigenvalue weighted by Gasteiger charge is 2.42. The number of aliphatic hydroxyl groups is 3. The van der Waals surface area contributed by atoms with E-state index in [1.54, 1.807) is 0 Å². The van der Waals surface area contributed by atoms with E-state index >= 15 is 0 Å². The van der Waals surface area contributed by atoms with Crippen LogP contribution in [0.5, 0.6) is 0 Å². The molecule has 0 aliphatic heterocycles. The Morgan fingerprint density at radius 1 is 0.840 bits per heavy atom. The van der Waals surface area contributed by atoms with Gasteiger partial charge >= 0.3 is 5.97 Å². The normalized spacial score (nSPS) is 16.4. The second-order valence-corrected chi connectivity index (χ2v) is 7.43. The van der Waals surface area contributed by atoms with Crippen molar-refractivity contribution in [2.24, 2.45) is 0 Å². The summed E-state index contributed by atoms with van der Waals surface area (Å²) < 4.78 is 0. The lowest BCUT2D eigenvalue weighted by atomic mass is 9.85. The SMILES string of the molecule is CCCCCCCCCCCCCCC(O)C(O)(CC(=O)O)C(C)O. The van der Waals surface area contributed by atoms with Crippen LogP contribution in [0.4, 0.5) is 0 Å². The maximum atomic E-state index is 10.8. The lowest BCUT2D eigenvalue weighted by molar-refractivity contribution is -0.168. The van der Waals surface area contributed by atoms with Gasteiger partial charge in [0, 0.05) is 0 Å². The molecule has 5 heteroatoms. The second-order valence-electron chi connectivity index (χ2n) is 7.43. The van der Waals surface area contributed by atoms with Crippen LogP contribution in [-0.4, -0.2) is 44.2 Å². The van der Waals surface area contributed by atoms with Crippen molar-refractivity contribution >= 4 is 5.97 Å². The van der Waals surface area contributed by atoms with Crippen molar-refractivity contribution in [1.29, 1.82) is 0 Å². The van der Waals surface area contributed by atoms with Crippen LogP contribution in [0.15, 0.2) is 0 Å². The van der Waals surface area contributed by atoms with Crippen LogP contribution in [0.1, 0.15) is 104 Å². The van der Waals surface area contributed by atoms with E-state index in [1.165, 1.54) is 64.7 Å². The average Bonchev–Trinajstić information content (AvgIpc) is 2.54. The Morgan fingerprint density at radius 2 is 1.24 bits per heavy atom. The molecule has 3 unspecified atom stereocenters. The summed E-state index contributed by atoms with van der Waals surface area (Å²) in [5.74, 6) is -1.22. The Labute approximate surface area is 153 Å². The molecule has 0 aromatic heterocycles. The van der Waals surface area contributed by atoms with Gasteiger partial charge in [0.15, 0.2) is 0 Å². The molecule has 25 heavy (non-hydrogen) atoms. The Morgan fingerprint density at radius 3 is 1.60 bits per heavy atom. The first-order chi connectivity index (χ1) is 11.8. The predicted molar refractivity (Wildman–Crippen MR) is 101 cm³/mol. The third kappa shape index (κ3) is 11.6. The van der Waals surface area contributed by atoms with E-state index in [1.807, 2.05) is 0 Å². The molecular weight excluding hydrogens is 320 g/mol. The molecule has 0 amide bonds. The minimum atomic E-state index is -1.97. The van der Waals surface area contributed by atoms with Crippen LogP contribution >= 0.6 is 0 Å². The van der Waals surface area contributed by atoms with Gasteiger partial charge in [0.25, 0.3) is 0 Å². The first-order valence-electron chi connectivity index (χ1n) is 10.1. The van der Waals surface area contributed by atoms with Crippen LogP contribution in [-0.2, 0) is 4.79 Å². The quantitative estimate of drug-likeness (QED) is 0.294. The topological polar surface area (TPSA) is 98.0 Å². The number of aliphatic hydroxyl groups excluding tert-OH is 2. The number of hydrogen-bond donors (Lipinski definition) is 4. The zero-order valence-corrected chi connectivity index (χ0v) is 16.3. The fourth-order valence-electron chi connectivity index (χ4n) is 3.21.